The van der Waals surface area contributed by atoms with Gasteiger partial charge >= 0.3 is 0 Å². The number of aryl methyl sites for hydroxylation is 4. The lowest BCUT2D eigenvalue weighted by molar-refractivity contribution is 0.928. The molecular weight excluding hydrogens is 985 g/mol. The normalized spacial score (nSPS) is 11.5. The van der Waals surface area contributed by atoms with Crippen LogP contribution in [0.2, 0.25) is 0 Å². The molecule has 0 aliphatic carbocycles. The average molecular weight is 1030 g/mol. The zero-order valence-corrected chi connectivity index (χ0v) is 44.0. The zero-order chi connectivity index (χ0) is 54.0. The number of fused-ring (bicyclic) bond motifs is 6. The Labute approximate surface area is 460 Å². The average Bonchev–Trinajstić information content (AvgIpc) is 4.04. The van der Waals surface area contributed by atoms with Gasteiger partial charge in [0.2, 0.25) is 0 Å². The second kappa shape index (κ2) is 19.3. The fourth-order valence-corrected chi connectivity index (χ4v) is 11.1. The Morgan fingerprint density at radius 2 is 0.675 bits per heavy atom. The third-order valence-corrected chi connectivity index (χ3v) is 14.7. The number of aromatic nitrogens is 11. The number of nitrogens with zero attached hydrogens (tertiary/aromatic N) is 12. The third kappa shape index (κ3) is 8.37. The monoisotopic (exact) mass is 1030 g/mol. The van der Waals surface area contributed by atoms with Crippen molar-refractivity contribution in [2.75, 3.05) is 0 Å². The van der Waals surface area contributed by atoms with Gasteiger partial charge in [-0.25, -0.2) is 44.9 Å². The van der Waals surface area contributed by atoms with Crippen LogP contribution >= 0.6 is 0 Å². The summed E-state index contributed by atoms with van der Waals surface area (Å²) in [6.45, 7) is 7.59. The van der Waals surface area contributed by atoms with Gasteiger partial charge in [-0.2, -0.15) is 5.26 Å². The van der Waals surface area contributed by atoms with E-state index < -0.39 is 0 Å². The Balaban J connectivity index is 1.06. The predicted octanol–water partition coefficient (Wildman–Crippen LogP) is 15.2. The molecule has 0 unspecified atom stereocenters. The van der Waals surface area contributed by atoms with Gasteiger partial charge in [0.25, 0.3) is 0 Å². The lowest BCUT2D eigenvalue weighted by Gasteiger charge is -2.19. The molecule has 0 N–H and O–H groups in total. The van der Waals surface area contributed by atoms with Crippen molar-refractivity contribution in [2.24, 2.45) is 0 Å². The van der Waals surface area contributed by atoms with Gasteiger partial charge < -0.3 is 9.13 Å². The molecule has 14 rings (SSSR count). The van der Waals surface area contributed by atoms with Gasteiger partial charge in [0.15, 0.2) is 29.1 Å². The van der Waals surface area contributed by atoms with E-state index >= 15 is 0 Å². The smallest absolute Gasteiger partial charge is 0.166 e. The summed E-state index contributed by atoms with van der Waals surface area (Å²) in [5.41, 5.74) is 14.7. The van der Waals surface area contributed by atoms with E-state index in [4.69, 9.17) is 34.9 Å². The quantitative estimate of drug-likeness (QED) is 0.137. The summed E-state index contributed by atoms with van der Waals surface area (Å²) in [7, 11) is 0. The molecule has 0 aliphatic heterocycles. The van der Waals surface area contributed by atoms with Gasteiger partial charge in [0.1, 0.15) is 23.3 Å². The van der Waals surface area contributed by atoms with Crippen LogP contribution in [0.25, 0.3) is 134 Å². The molecule has 0 atom stereocenters. The minimum Gasteiger partial charge on any atom is -0.309 e. The minimum absolute atomic E-state index is 0.506. The highest BCUT2D eigenvalue weighted by Gasteiger charge is 2.24. The van der Waals surface area contributed by atoms with E-state index in [2.05, 4.69) is 146 Å². The van der Waals surface area contributed by atoms with Gasteiger partial charge in [-0.05, 0) is 129 Å². The van der Waals surface area contributed by atoms with Crippen molar-refractivity contribution in [3.05, 3.63) is 235 Å². The van der Waals surface area contributed by atoms with E-state index in [0.717, 1.165) is 105 Å². The largest absolute Gasteiger partial charge is 0.309 e. The number of para-hydroxylation sites is 2. The molecule has 5 heterocycles. The molecule has 0 spiro atoms. The number of benzene rings is 9. The van der Waals surface area contributed by atoms with E-state index in [9.17, 15) is 5.26 Å². The van der Waals surface area contributed by atoms with Crippen LogP contribution in [0.15, 0.2) is 206 Å². The fourth-order valence-electron chi connectivity index (χ4n) is 11.1. The number of nitriles is 1. The Kier molecular flexibility index (Phi) is 11.5. The van der Waals surface area contributed by atoms with Crippen molar-refractivity contribution in [2.45, 2.75) is 27.7 Å². The molecule has 0 fully saturated rings. The van der Waals surface area contributed by atoms with Crippen LogP contribution in [-0.2, 0) is 0 Å². The number of rotatable bonds is 9. The van der Waals surface area contributed by atoms with Crippen molar-refractivity contribution in [3.8, 4) is 96.6 Å². The molecule has 12 nitrogen and oxygen atoms in total. The standard InChI is InChI=1S/C68H46N12/c1-40-70-41(2)73-66(72-40)50-29-33-61-55(37-50)52-19-11-13-21-58(52)79(61)60-31-27-48(45-25-23-44(39-69)24-26-45)35-54(60)49-28-32-63(57(36-49)68-77-64(46-15-7-5-8-16-46)76-65(78-68)47-17-9-6-10-18-47)80-59-22-14-12-20-53(59)56-38-51(30-34-62(56)80)67-74-42(3)71-43(4)75-67/h5-38H,1-4H3. The van der Waals surface area contributed by atoms with Crippen molar-refractivity contribution in [3.63, 3.8) is 0 Å². The van der Waals surface area contributed by atoms with Crippen LogP contribution < -0.4 is 0 Å². The molecule has 0 saturated heterocycles. The second-order valence-electron chi connectivity index (χ2n) is 19.9. The van der Waals surface area contributed by atoms with Crippen LogP contribution in [-0.4, -0.2) is 54.0 Å². The number of hydrogen-bond acceptors (Lipinski definition) is 10. The molecule has 0 radical (unpaired) electrons. The van der Waals surface area contributed by atoms with Crippen LogP contribution in [0, 0.1) is 39.0 Å². The van der Waals surface area contributed by atoms with Crippen LogP contribution in [0.3, 0.4) is 0 Å². The molecule has 80 heavy (non-hydrogen) atoms. The van der Waals surface area contributed by atoms with Crippen LogP contribution in [0.5, 0.6) is 0 Å². The Morgan fingerprint density at radius 1 is 0.287 bits per heavy atom. The first-order valence-electron chi connectivity index (χ1n) is 26.3. The summed E-state index contributed by atoms with van der Waals surface area (Å²) in [5, 5.41) is 14.1. The molecular formula is C68H46N12. The summed E-state index contributed by atoms with van der Waals surface area (Å²) in [5.74, 6) is 5.55. The van der Waals surface area contributed by atoms with Crippen molar-refractivity contribution < 1.29 is 0 Å². The summed E-state index contributed by atoms with van der Waals surface area (Å²) in [4.78, 5) is 43.9. The molecule has 0 bridgehead atoms. The summed E-state index contributed by atoms with van der Waals surface area (Å²) in [6.07, 6.45) is 0. The van der Waals surface area contributed by atoms with E-state index in [-0.39, 0.29) is 0 Å². The highest BCUT2D eigenvalue weighted by molar-refractivity contribution is 6.12. The lowest BCUT2D eigenvalue weighted by Crippen LogP contribution is -2.04. The summed E-state index contributed by atoms with van der Waals surface area (Å²) < 4.78 is 4.67. The zero-order valence-electron chi connectivity index (χ0n) is 44.0. The first-order chi connectivity index (χ1) is 39.2. The van der Waals surface area contributed by atoms with Crippen LogP contribution in [0.4, 0.5) is 0 Å². The van der Waals surface area contributed by atoms with Gasteiger partial charge in [-0.3, -0.25) is 0 Å². The maximum atomic E-state index is 9.80. The topological polar surface area (TPSA) is 150 Å². The van der Waals surface area contributed by atoms with Gasteiger partial charge in [0, 0.05) is 54.9 Å². The first kappa shape index (κ1) is 47.5. The highest BCUT2D eigenvalue weighted by atomic mass is 15.1. The van der Waals surface area contributed by atoms with E-state index in [0.29, 0.717) is 58.0 Å². The molecule has 0 amide bonds. The molecule has 0 saturated carbocycles. The van der Waals surface area contributed by atoms with Gasteiger partial charge in [0.05, 0.1) is 45.1 Å². The Morgan fingerprint density at radius 3 is 1.18 bits per heavy atom. The summed E-state index contributed by atoms with van der Waals surface area (Å²) >= 11 is 0. The molecule has 5 aromatic heterocycles. The molecule has 12 heteroatoms. The third-order valence-electron chi connectivity index (χ3n) is 14.7. The second-order valence-corrected chi connectivity index (χ2v) is 19.9. The fraction of sp³-hybridized carbons (Fsp3) is 0.0588. The van der Waals surface area contributed by atoms with Crippen molar-refractivity contribution >= 4 is 43.6 Å². The molecule has 378 valence electrons. The van der Waals surface area contributed by atoms with Gasteiger partial charge in [-0.1, -0.05) is 121 Å². The Bertz CT molecular complexity index is 4730. The lowest BCUT2D eigenvalue weighted by atomic mass is 9.94. The van der Waals surface area contributed by atoms with Crippen molar-refractivity contribution in [1.29, 1.82) is 5.26 Å². The SMILES string of the molecule is Cc1nc(C)nc(-c2ccc3c(c2)c2ccccc2n3-c2ccc(-c3ccc(C#N)cc3)cc2-c2ccc(-n3c4ccccc4c4cc(-c5nc(C)nc(C)n5)ccc43)c(-c3nc(-c4ccccc4)nc(-c4ccccc4)n3)c2)n1. The maximum absolute atomic E-state index is 9.80. The molecule has 14 aromatic rings. The summed E-state index contributed by atoms with van der Waals surface area (Å²) in [6, 6.07) is 73.4. The number of hydrogen-bond donors (Lipinski definition) is 0. The molecule has 0 aliphatic rings. The van der Waals surface area contributed by atoms with E-state index in [1.807, 2.05) is 113 Å². The van der Waals surface area contributed by atoms with Crippen molar-refractivity contribution in [1.82, 2.24) is 54.0 Å². The van der Waals surface area contributed by atoms with Gasteiger partial charge in [-0.15, -0.1) is 0 Å². The molecule has 9 aromatic carbocycles. The predicted molar refractivity (Wildman–Crippen MR) is 317 cm³/mol. The maximum Gasteiger partial charge on any atom is 0.166 e. The van der Waals surface area contributed by atoms with E-state index in [1.54, 1.807) is 0 Å². The Hall–Kier alpha value is -10.9. The van der Waals surface area contributed by atoms with E-state index in [1.165, 1.54) is 0 Å². The van der Waals surface area contributed by atoms with Crippen LogP contribution in [0.1, 0.15) is 28.9 Å². The minimum atomic E-state index is 0.506. The first-order valence-corrected chi connectivity index (χ1v) is 26.3. The highest BCUT2D eigenvalue weighted by Crippen LogP contribution is 2.43.